The van der Waals surface area contributed by atoms with Crippen LogP contribution in [0.4, 0.5) is 21.5 Å². The molecule has 0 radical (unpaired) electrons. The van der Waals surface area contributed by atoms with E-state index in [0.29, 0.717) is 18.0 Å². The molecule has 0 aliphatic carbocycles. The van der Waals surface area contributed by atoms with E-state index in [-0.39, 0.29) is 11.6 Å². The van der Waals surface area contributed by atoms with Gasteiger partial charge in [-0.25, -0.2) is 4.39 Å². The van der Waals surface area contributed by atoms with Crippen molar-refractivity contribution in [2.45, 2.75) is 6.92 Å². The maximum Gasteiger partial charge on any atom is 0.161 e. The van der Waals surface area contributed by atoms with Gasteiger partial charge in [-0.1, -0.05) is 12.1 Å². The highest BCUT2D eigenvalue weighted by atomic mass is 19.1. The number of hydrogen-bond donors (Lipinski definition) is 3. The third-order valence-electron chi connectivity index (χ3n) is 4.87. The number of rotatable bonds is 6. The number of ether oxygens (including phenoxy) is 1. The molecule has 0 amide bonds. The van der Waals surface area contributed by atoms with E-state index >= 15 is 0 Å². The lowest BCUT2D eigenvalue weighted by Gasteiger charge is -2.13. The van der Waals surface area contributed by atoms with Crippen LogP contribution < -0.4 is 15.4 Å². The molecule has 1 aromatic heterocycles. The van der Waals surface area contributed by atoms with E-state index in [2.05, 4.69) is 15.6 Å². The van der Waals surface area contributed by atoms with Gasteiger partial charge in [0.2, 0.25) is 0 Å². The molecule has 3 aromatic carbocycles. The SMILES string of the molecule is CCNc1cc(Nc2ccnc3ccc(-c4ccc(O)c(OC)c4)cc23)ccc1F. The maximum atomic E-state index is 14.0. The number of methoxy groups -OCH3 is 1. The molecule has 30 heavy (non-hydrogen) atoms. The number of hydrogen-bond acceptors (Lipinski definition) is 5. The maximum absolute atomic E-state index is 14.0. The highest BCUT2D eigenvalue weighted by Gasteiger charge is 2.09. The fourth-order valence-electron chi connectivity index (χ4n) is 3.38. The number of nitrogens with zero attached hydrogens (tertiary/aromatic N) is 1. The predicted octanol–water partition coefficient (Wildman–Crippen LogP) is 5.93. The Bertz CT molecular complexity index is 1210. The summed E-state index contributed by atoms with van der Waals surface area (Å²) in [6.45, 7) is 2.56. The van der Waals surface area contributed by atoms with E-state index in [0.717, 1.165) is 33.4 Å². The van der Waals surface area contributed by atoms with E-state index in [1.807, 2.05) is 37.3 Å². The molecule has 1 heterocycles. The van der Waals surface area contributed by atoms with Gasteiger partial charge in [0, 0.05) is 29.5 Å². The molecule has 4 rings (SSSR count). The summed E-state index contributed by atoms with van der Waals surface area (Å²) in [4.78, 5) is 4.45. The zero-order chi connectivity index (χ0) is 21.1. The van der Waals surface area contributed by atoms with Crippen molar-refractivity contribution < 1.29 is 14.2 Å². The Hall–Kier alpha value is -3.80. The second-order valence-electron chi connectivity index (χ2n) is 6.83. The van der Waals surface area contributed by atoms with Crippen molar-refractivity contribution in [2.24, 2.45) is 0 Å². The Morgan fingerprint density at radius 3 is 2.57 bits per heavy atom. The summed E-state index contributed by atoms with van der Waals surface area (Å²) in [5.41, 5.74) is 4.81. The van der Waals surface area contributed by atoms with E-state index < -0.39 is 0 Å². The number of phenolic OH excluding ortho intramolecular Hbond substituents is 1. The molecule has 4 aromatic rings. The fourth-order valence-corrected chi connectivity index (χ4v) is 3.38. The third-order valence-corrected chi connectivity index (χ3v) is 4.87. The van der Waals surface area contributed by atoms with Crippen LogP contribution in [0.25, 0.3) is 22.0 Å². The molecule has 5 nitrogen and oxygen atoms in total. The summed E-state index contributed by atoms with van der Waals surface area (Å²) in [5.74, 6) is 0.226. The van der Waals surface area contributed by atoms with Crippen molar-refractivity contribution >= 4 is 28.0 Å². The van der Waals surface area contributed by atoms with Gasteiger partial charge in [-0.05, 0) is 66.6 Å². The smallest absolute Gasteiger partial charge is 0.161 e. The molecule has 0 fully saturated rings. The quantitative estimate of drug-likeness (QED) is 0.372. The van der Waals surface area contributed by atoms with Crippen LogP contribution in [0.15, 0.2) is 66.9 Å². The van der Waals surface area contributed by atoms with Crippen molar-refractivity contribution in [3.8, 4) is 22.6 Å². The molecular formula is C24H22FN3O2. The lowest BCUT2D eigenvalue weighted by atomic mass is 10.0. The van der Waals surface area contributed by atoms with Crippen LogP contribution in [0, 0.1) is 5.82 Å². The molecule has 0 saturated heterocycles. The monoisotopic (exact) mass is 403 g/mol. The fraction of sp³-hybridized carbons (Fsp3) is 0.125. The summed E-state index contributed by atoms with van der Waals surface area (Å²) in [6.07, 6.45) is 1.74. The minimum absolute atomic E-state index is 0.0962. The van der Waals surface area contributed by atoms with E-state index in [9.17, 15) is 9.50 Å². The molecule has 3 N–H and O–H groups in total. The molecular weight excluding hydrogens is 381 g/mol. The van der Waals surface area contributed by atoms with Gasteiger partial charge in [-0.3, -0.25) is 4.98 Å². The number of nitrogens with one attached hydrogen (secondary N) is 2. The van der Waals surface area contributed by atoms with Gasteiger partial charge in [0.25, 0.3) is 0 Å². The van der Waals surface area contributed by atoms with Gasteiger partial charge in [0.1, 0.15) is 5.82 Å². The minimum Gasteiger partial charge on any atom is -0.504 e. The van der Waals surface area contributed by atoms with Gasteiger partial charge in [0.15, 0.2) is 11.5 Å². The van der Waals surface area contributed by atoms with Gasteiger partial charge in [0.05, 0.1) is 18.3 Å². The Labute approximate surface area is 174 Å². The third kappa shape index (κ3) is 3.85. The van der Waals surface area contributed by atoms with Crippen LogP contribution in [0.2, 0.25) is 0 Å². The topological polar surface area (TPSA) is 66.4 Å². The van der Waals surface area contributed by atoms with Crippen LogP contribution in [-0.4, -0.2) is 23.7 Å². The van der Waals surface area contributed by atoms with Crippen LogP contribution in [0.3, 0.4) is 0 Å². The van der Waals surface area contributed by atoms with E-state index in [1.165, 1.54) is 13.2 Å². The number of fused-ring (bicyclic) bond motifs is 1. The van der Waals surface area contributed by atoms with Gasteiger partial charge in [-0.15, -0.1) is 0 Å². The van der Waals surface area contributed by atoms with Crippen molar-refractivity contribution in [1.82, 2.24) is 4.98 Å². The van der Waals surface area contributed by atoms with Crippen LogP contribution >= 0.6 is 0 Å². The molecule has 0 atom stereocenters. The Morgan fingerprint density at radius 2 is 1.77 bits per heavy atom. The normalized spacial score (nSPS) is 10.8. The summed E-state index contributed by atoms with van der Waals surface area (Å²) in [6, 6.07) is 18.0. The second kappa shape index (κ2) is 8.29. The first kappa shape index (κ1) is 19.5. The first-order chi connectivity index (χ1) is 14.6. The summed E-state index contributed by atoms with van der Waals surface area (Å²) in [5, 5.41) is 17.2. The number of phenols is 1. The Kier molecular flexibility index (Phi) is 5.39. The first-order valence-electron chi connectivity index (χ1n) is 9.65. The van der Waals surface area contributed by atoms with Crippen LogP contribution in [-0.2, 0) is 0 Å². The number of aromatic hydroxyl groups is 1. The summed E-state index contributed by atoms with van der Waals surface area (Å²) < 4.78 is 19.2. The number of benzene rings is 3. The van der Waals surface area contributed by atoms with Crippen molar-refractivity contribution in [1.29, 1.82) is 0 Å². The van der Waals surface area contributed by atoms with Gasteiger partial charge >= 0.3 is 0 Å². The zero-order valence-electron chi connectivity index (χ0n) is 16.7. The molecule has 0 aliphatic rings. The standard InChI is InChI=1S/C24H22FN3O2/c1-3-26-22-14-17(6-7-19(22)25)28-21-10-11-27-20-8-4-15(12-18(20)21)16-5-9-23(29)24(13-16)30-2/h4-14,26,29H,3H2,1-2H3,(H,27,28). The summed E-state index contributed by atoms with van der Waals surface area (Å²) >= 11 is 0. The molecule has 0 bridgehead atoms. The molecule has 0 unspecified atom stereocenters. The highest BCUT2D eigenvalue weighted by molar-refractivity contribution is 5.96. The number of halogens is 1. The highest BCUT2D eigenvalue weighted by Crippen LogP contribution is 2.34. The number of anilines is 3. The first-order valence-corrected chi connectivity index (χ1v) is 9.65. The largest absolute Gasteiger partial charge is 0.504 e. The lowest BCUT2D eigenvalue weighted by molar-refractivity contribution is 0.373. The molecule has 6 heteroatoms. The zero-order valence-corrected chi connectivity index (χ0v) is 16.7. The van der Waals surface area contributed by atoms with E-state index in [1.54, 1.807) is 30.5 Å². The number of pyridine rings is 1. The van der Waals surface area contributed by atoms with E-state index in [4.69, 9.17) is 4.74 Å². The van der Waals surface area contributed by atoms with Crippen molar-refractivity contribution in [2.75, 3.05) is 24.3 Å². The minimum atomic E-state index is -0.287. The summed E-state index contributed by atoms with van der Waals surface area (Å²) in [7, 11) is 1.52. The molecule has 0 spiro atoms. The van der Waals surface area contributed by atoms with Crippen LogP contribution in [0.1, 0.15) is 6.92 Å². The van der Waals surface area contributed by atoms with Crippen molar-refractivity contribution in [3.63, 3.8) is 0 Å². The second-order valence-corrected chi connectivity index (χ2v) is 6.83. The average Bonchev–Trinajstić information content (AvgIpc) is 2.76. The predicted molar refractivity (Wildman–Crippen MR) is 119 cm³/mol. The van der Waals surface area contributed by atoms with Gasteiger partial charge < -0.3 is 20.5 Å². The Morgan fingerprint density at radius 1 is 0.967 bits per heavy atom. The van der Waals surface area contributed by atoms with Gasteiger partial charge in [-0.2, -0.15) is 0 Å². The molecule has 0 aliphatic heterocycles. The average molecular weight is 403 g/mol. The van der Waals surface area contributed by atoms with Crippen molar-refractivity contribution in [3.05, 3.63) is 72.7 Å². The number of aromatic nitrogens is 1. The lowest BCUT2D eigenvalue weighted by Crippen LogP contribution is -2.00. The molecule has 152 valence electrons. The van der Waals surface area contributed by atoms with Crippen LogP contribution in [0.5, 0.6) is 11.5 Å². The Balaban J connectivity index is 1.75. The molecule has 0 saturated carbocycles.